The summed E-state index contributed by atoms with van der Waals surface area (Å²) in [4.78, 5) is 28.7. The van der Waals surface area contributed by atoms with E-state index in [2.05, 4.69) is 48.2 Å². The number of likely N-dealkylation sites (tertiary alicyclic amines) is 1. The molecule has 9 heteroatoms. The van der Waals surface area contributed by atoms with E-state index in [0.717, 1.165) is 85.2 Å². The minimum absolute atomic E-state index is 0.0833. The molecule has 8 nitrogen and oxygen atoms in total. The number of nitrogens with zero attached hydrogens (tertiary/aromatic N) is 4. The van der Waals surface area contributed by atoms with Crippen LogP contribution in [0.3, 0.4) is 0 Å². The summed E-state index contributed by atoms with van der Waals surface area (Å²) in [5, 5.41) is 9.81. The molecule has 200 valence electrons. The minimum atomic E-state index is 0.0833. The van der Waals surface area contributed by atoms with Crippen LogP contribution < -0.4 is 4.74 Å². The smallest absolute Gasteiger partial charge is 0.169 e. The van der Waals surface area contributed by atoms with Crippen molar-refractivity contribution in [3.63, 3.8) is 0 Å². The molecule has 7 rings (SSSR count). The molecule has 0 aliphatic carbocycles. The van der Waals surface area contributed by atoms with Crippen molar-refractivity contribution in [2.24, 2.45) is 0 Å². The molecule has 0 amide bonds. The molecule has 0 saturated carbocycles. The lowest BCUT2D eigenvalue weighted by molar-refractivity contribution is 0.102. The van der Waals surface area contributed by atoms with E-state index in [9.17, 15) is 4.79 Å². The molecule has 1 aromatic carbocycles. The number of benzene rings is 1. The number of thiophene rings is 1. The molecule has 1 aliphatic heterocycles. The summed E-state index contributed by atoms with van der Waals surface area (Å²) >= 11 is 1.52. The Morgan fingerprint density at radius 2 is 1.93 bits per heavy atom. The molecule has 0 unspecified atom stereocenters. The van der Waals surface area contributed by atoms with Crippen LogP contribution in [0.5, 0.6) is 5.75 Å². The van der Waals surface area contributed by atoms with Gasteiger partial charge in [-0.1, -0.05) is 12.1 Å². The Morgan fingerprint density at radius 3 is 2.77 bits per heavy atom. The largest absolute Gasteiger partial charge is 0.491 e. The highest BCUT2D eigenvalue weighted by molar-refractivity contribution is 7.17. The Kier molecular flexibility index (Phi) is 6.37. The summed E-state index contributed by atoms with van der Waals surface area (Å²) in [6.45, 7) is 5.50. The van der Waals surface area contributed by atoms with Crippen LogP contribution in [0.2, 0.25) is 0 Å². The number of ether oxygens (including phenoxy) is 1. The summed E-state index contributed by atoms with van der Waals surface area (Å²) in [5.74, 6) is 0.829. The first-order chi connectivity index (χ1) is 19.6. The number of aromatic nitrogens is 5. The van der Waals surface area contributed by atoms with E-state index in [1.807, 2.05) is 42.7 Å². The van der Waals surface area contributed by atoms with Gasteiger partial charge in [-0.25, -0.2) is 0 Å². The number of rotatable bonds is 8. The fourth-order valence-corrected chi connectivity index (χ4v) is 6.33. The molecule has 6 heterocycles. The van der Waals surface area contributed by atoms with Crippen molar-refractivity contribution < 1.29 is 9.53 Å². The van der Waals surface area contributed by atoms with Gasteiger partial charge in [0.1, 0.15) is 18.1 Å². The molecule has 5 aromatic heterocycles. The number of Topliss-reactive ketones (excluding diaryl/α,β-unsaturated/α-hetero) is 1. The highest BCUT2D eigenvalue weighted by Crippen LogP contribution is 2.37. The lowest BCUT2D eigenvalue weighted by atomic mass is 10.1. The molecule has 2 N–H and O–H groups in total. The van der Waals surface area contributed by atoms with Crippen molar-refractivity contribution in [1.29, 1.82) is 0 Å². The van der Waals surface area contributed by atoms with Gasteiger partial charge in [-0.05, 0) is 69.3 Å². The van der Waals surface area contributed by atoms with Crippen molar-refractivity contribution >= 4 is 38.9 Å². The van der Waals surface area contributed by atoms with Crippen LogP contribution in [0.1, 0.15) is 29.4 Å². The standard InChI is InChI=1S/C31H28N6O2S/c1-19(38)29-7-8-30(40-29)22-5-4-6-25-23(22)14-27(34-25)31-24-15-26(33-18-28(24)35-36-31)20-13-21(17-32-16-20)39-12-11-37-9-2-3-10-37/h4-8,13-18,34H,2-3,9-12H2,1H3,(H,35,36). The molecule has 0 atom stereocenters. The lowest BCUT2D eigenvalue weighted by Crippen LogP contribution is -2.25. The van der Waals surface area contributed by atoms with Gasteiger partial charge in [0.15, 0.2) is 5.78 Å². The molecule has 1 fully saturated rings. The van der Waals surface area contributed by atoms with Crippen LogP contribution in [0.25, 0.3) is 54.9 Å². The SMILES string of the molecule is CC(=O)c1ccc(-c2cccc3[nH]c(-c4n[nH]c5cnc(-c6cncc(OCCN7CCCC7)c6)cc45)cc23)s1. The number of H-pyrrole nitrogens is 2. The van der Waals surface area contributed by atoms with E-state index in [1.54, 1.807) is 13.1 Å². The minimum Gasteiger partial charge on any atom is -0.491 e. The maximum absolute atomic E-state index is 11.9. The maximum atomic E-state index is 11.9. The quantitative estimate of drug-likeness (QED) is 0.209. The Hall–Kier alpha value is -4.34. The summed E-state index contributed by atoms with van der Waals surface area (Å²) in [6.07, 6.45) is 7.93. The highest BCUT2D eigenvalue weighted by atomic mass is 32.1. The van der Waals surface area contributed by atoms with E-state index < -0.39 is 0 Å². The number of aromatic amines is 2. The van der Waals surface area contributed by atoms with Gasteiger partial charge in [0.25, 0.3) is 0 Å². The highest BCUT2D eigenvalue weighted by Gasteiger charge is 2.16. The number of hydrogen-bond donors (Lipinski definition) is 2. The monoisotopic (exact) mass is 548 g/mol. The van der Waals surface area contributed by atoms with Crippen molar-refractivity contribution in [3.05, 3.63) is 72.0 Å². The number of nitrogens with one attached hydrogen (secondary N) is 2. The van der Waals surface area contributed by atoms with Crippen LogP contribution in [-0.4, -0.2) is 62.1 Å². The Bertz CT molecular complexity index is 1850. The predicted octanol–water partition coefficient (Wildman–Crippen LogP) is 6.57. The number of carbonyl (C=O) groups is 1. The second-order valence-electron chi connectivity index (χ2n) is 10.2. The molecular formula is C31H28N6O2S. The van der Waals surface area contributed by atoms with Gasteiger partial charge >= 0.3 is 0 Å². The zero-order valence-electron chi connectivity index (χ0n) is 22.1. The molecule has 1 aliphatic rings. The first-order valence-corrected chi connectivity index (χ1v) is 14.3. The predicted molar refractivity (Wildman–Crippen MR) is 159 cm³/mol. The summed E-state index contributed by atoms with van der Waals surface area (Å²) < 4.78 is 6.02. The van der Waals surface area contributed by atoms with E-state index >= 15 is 0 Å². The van der Waals surface area contributed by atoms with Crippen LogP contribution in [0, 0.1) is 0 Å². The lowest BCUT2D eigenvalue weighted by Gasteiger charge is -2.15. The van der Waals surface area contributed by atoms with Crippen LogP contribution >= 0.6 is 11.3 Å². The van der Waals surface area contributed by atoms with Gasteiger partial charge in [-0.15, -0.1) is 11.3 Å². The van der Waals surface area contributed by atoms with Crippen molar-refractivity contribution in [2.45, 2.75) is 19.8 Å². The third-order valence-corrected chi connectivity index (χ3v) is 8.69. The van der Waals surface area contributed by atoms with Crippen LogP contribution in [-0.2, 0) is 0 Å². The van der Waals surface area contributed by atoms with Crippen molar-refractivity contribution in [1.82, 2.24) is 30.0 Å². The molecule has 40 heavy (non-hydrogen) atoms. The van der Waals surface area contributed by atoms with Gasteiger partial charge in [0, 0.05) is 45.0 Å². The van der Waals surface area contributed by atoms with E-state index in [1.165, 1.54) is 24.2 Å². The average Bonchev–Trinajstić information content (AvgIpc) is 3.78. The number of hydrogen-bond acceptors (Lipinski definition) is 7. The van der Waals surface area contributed by atoms with Gasteiger partial charge in [-0.2, -0.15) is 5.10 Å². The van der Waals surface area contributed by atoms with Crippen molar-refractivity contribution in [3.8, 4) is 38.8 Å². The second kappa shape index (κ2) is 10.3. The molecule has 0 radical (unpaired) electrons. The van der Waals surface area contributed by atoms with Gasteiger partial charge in [0.2, 0.25) is 0 Å². The Labute approximate surface area is 235 Å². The third-order valence-electron chi connectivity index (χ3n) is 7.47. The van der Waals surface area contributed by atoms with Crippen LogP contribution in [0.15, 0.2) is 67.1 Å². The Morgan fingerprint density at radius 1 is 1.02 bits per heavy atom. The summed E-state index contributed by atoms with van der Waals surface area (Å²) in [6, 6.07) is 16.3. The number of fused-ring (bicyclic) bond motifs is 2. The first-order valence-electron chi connectivity index (χ1n) is 13.5. The maximum Gasteiger partial charge on any atom is 0.169 e. The zero-order chi connectivity index (χ0) is 27.1. The molecular weight excluding hydrogens is 520 g/mol. The molecule has 0 bridgehead atoms. The first kappa shape index (κ1) is 24.7. The molecule has 1 saturated heterocycles. The topological polar surface area (TPSA) is 99.8 Å². The average molecular weight is 549 g/mol. The third kappa shape index (κ3) is 4.67. The Balaban J connectivity index is 1.20. The van der Waals surface area contributed by atoms with Crippen molar-refractivity contribution in [2.75, 3.05) is 26.2 Å². The van der Waals surface area contributed by atoms with Gasteiger partial charge in [-0.3, -0.25) is 24.8 Å². The van der Waals surface area contributed by atoms with E-state index in [0.29, 0.717) is 6.61 Å². The molecule has 6 aromatic rings. The van der Waals surface area contributed by atoms with E-state index in [4.69, 9.17) is 4.74 Å². The number of pyridine rings is 2. The normalized spacial score (nSPS) is 13.9. The van der Waals surface area contributed by atoms with Gasteiger partial charge in [0.05, 0.1) is 34.2 Å². The fraction of sp³-hybridized carbons (Fsp3) is 0.226. The summed E-state index contributed by atoms with van der Waals surface area (Å²) in [7, 11) is 0. The van der Waals surface area contributed by atoms with Gasteiger partial charge < -0.3 is 9.72 Å². The summed E-state index contributed by atoms with van der Waals surface area (Å²) in [5.41, 5.74) is 6.39. The molecule has 0 spiro atoms. The fourth-order valence-electron chi connectivity index (χ4n) is 5.39. The van der Waals surface area contributed by atoms with E-state index in [-0.39, 0.29) is 5.78 Å². The zero-order valence-corrected chi connectivity index (χ0v) is 22.9. The van der Waals surface area contributed by atoms with Crippen LogP contribution in [0.4, 0.5) is 0 Å². The number of carbonyl (C=O) groups excluding carboxylic acids is 1. The second-order valence-corrected chi connectivity index (χ2v) is 11.2. The number of ketones is 1.